The van der Waals surface area contributed by atoms with Crippen molar-refractivity contribution >= 4 is 34.7 Å². The SMILES string of the molecule is CCCNc1nc(N(C)C(C)CCSC)c2[nH]cnc2n1. The van der Waals surface area contributed by atoms with E-state index in [0.717, 1.165) is 36.5 Å². The molecule has 2 rings (SSSR count). The number of thioether (sulfide) groups is 1. The molecule has 0 bridgehead atoms. The van der Waals surface area contributed by atoms with Crippen molar-refractivity contribution in [1.82, 2.24) is 19.9 Å². The van der Waals surface area contributed by atoms with Gasteiger partial charge in [0.15, 0.2) is 11.5 Å². The van der Waals surface area contributed by atoms with E-state index in [1.807, 2.05) is 11.8 Å². The molecule has 0 amide bonds. The van der Waals surface area contributed by atoms with E-state index in [1.54, 1.807) is 6.33 Å². The van der Waals surface area contributed by atoms with Crippen LogP contribution in [0.2, 0.25) is 0 Å². The number of aromatic amines is 1. The number of hydrogen-bond donors (Lipinski definition) is 2. The molecule has 0 radical (unpaired) electrons. The van der Waals surface area contributed by atoms with Gasteiger partial charge in [-0.25, -0.2) is 4.98 Å². The number of anilines is 2. The molecule has 2 aromatic rings. The van der Waals surface area contributed by atoms with Crippen LogP contribution in [0.1, 0.15) is 26.7 Å². The van der Waals surface area contributed by atoms with Crippen molar-refractivity contribution in [3.8, 4) is 0 Å². The summed E-state index contributed by atoms with van der Waals surface area (Å²) in [6.07, 6.45) is 5.97. The Morgan fingerprint density at radius 3 is 2.95 bits per heavy atom. The highest BCUT2D eigenvalue weighted by atomic mass is 32.2. The topological polar surface area (TPSA) is 69.7 Å². The van der Waals surface area contributed by atoms with Gasteiger partial charge in [0.25, 0.3) is 0 Å². The van der Waals surface area contributed by atoms with Gasteiger partial charge in [-0.1, -0.05) is 6.92 Å². The summed E-state index contributed by atoms with van der Waals surface area (Å²) >= 11 is 1.87. The number of nitrogens with zero attached hydrogens (tertiary/aromatic N) is 4. The Labute approximate surface area is 130 Å². The number of fused-ring (bicyclic) bond motifs is 1. The molecule has 1 atom stereocenters. The number of rotatable bonds is 8. The quantitative estimate of drug-likeness (QED) is 0.781. The highest BCUT2D eigenvalue weighted by Crippen LogP contribution is 2.24. The van der Waals surface area contributed by atoms with E-state index < -0.39 is 0 Å². The van der Waals surface area contributed by atoms with Gasteiger partial charge in [-0.05, 0) is 31.8 Å². The minimum atomic E-state index is 0.415. The predicted octanol–water partition coefficient (Wildman–Crippen LogP) is 2.75. The van der Waals surface area contributed by atoms with Crippen molar-refractivity contribution in [1.29, 1.82) is 0 Å². The van der Waals surface area contributed by atoms with E-state index >= 15 is 0 Å². The zero-order valence-corrected chi connectivity index (χ0v) is 14.0. The first-order valence-electron chi connectivity index (χ1n) is 7.34. The summed E-state index contributed by atoms with van der Waals surface area (Å²) in [5.74, 6) is 2.70. The third kappa shape index (κ3) is 3.78. The molecule has 0 spiro atoms. The maximum Gasteiger partial charge on any atom is 0.226 e. The summed E-state index contributed by atoms with van der Waals surface area (Å²) < 4.78 is 0. The molecule has 0 aliphatic heterocycles. The number of hydrogen-bond acceptors (Lipinski definition) is 6. The largest absolute Gasteiger partial charge is 0.355 e. The summed E-state index contributed by atoms with van der Waals surface area (Å²) in [6, 6.07) is 0.415. The number of imidazole rings is 1. The molecule has 0 fully saturated rings. The normalized spacial score (nSPS) is 12.6. The average Bonchev–Trinajstić information content (AvgIpc) is 2.97. The fourth-order valence-electron chi connectivity index (χ4n) is 2.08. The van der Waals surface area contributed by atoms with Gasteiger partial charge < -0.3 is 15.2 Å². The Bertz CT molecular complexity index is 570. The van der Waals surface area contributed by atoms with Crippen LogP contribution in [0.15, 0.2) is 6.33 Å². The Hall–Kier alpha value is -1.50. The van der Waals surface area contributed by atoms with Crippen molar-refractivity contribution in [3.05, 3.63) is 6.33 Å². The maximum atomic E-state index is 4.67. The van der Waals surface area contributed by atoms with Gasteiger partial charge in [0, 0.05) is 19.6 Å². The summed E-state index contributed by atoms with van der Waals surface area (Å²) in [5.41, 5.74) is 1.61. The lowest BCUT2D eigenvalue weighted by molar-refractivity contribution is 0.663. The second-order valence-electron chi connectivity index (χ2n) is 5.14. The van der Waals surface area contributed by atoms with Crippen molar-refractivity contribution in [2.45, 2.75) is 32.7 Å². The van der Waals surface area contributed by atoms with E-state index in [1.165, 1.54) is 0 Å². The zero-order valence-electron chi connectivity index (χ0n) is 13.2. The van der Waals surface area contributed by atoms with Crippen molar-refractivity contribution < 1.29 is 0 Å². The molecule has 7 heteroatoms. The highest BCUT2D eigenvalue weighted by molar-refractivity contribution is 7.98. The van der Waals surface area contributed by atoms with Crippen LogP contribution in [-0.4, -0.2) is 51.6 Å². The average molecular weight is 308 g/mol. The lowest BCUT2D eigenvalue weighted by atomic mass is 10.2. The first-order chi connectivity index (χ1) is 10.2. The highest BCUT2D eigenvalue weighted by Gasteiger charge is 2.17. The molecular formula is C14H24N6S. The molecular weight excluding hydrogens is 284 g/mol. The molecule has 21 heavy (non-hydrogen) atoms. The molecule has 0 saturated heterocycles. The Kier molecular flexibility index (Phi) is 5.67. The van der Waals surface area contributed by atoms with E-state index in [0.29, 0.717) is 17.6 Å². The maximum absolute atomic E-state index is 4.67. The van der Waals surface area contributed by atoms with Crippen LogP contribution in [-0.2, 0) is 0 Å². The molecule has 2 heterocycles. The zero-order chi connectivity index (χ0) is 15.2. The van der Waals surface area contributed by atoms with Crippen LogP contribution in [0.5, 0.6) is 0 Å². The number of nitrogens with one attached hydrogen (secondary N) is 2. The minimum absolute atomic E-state index is 0.415. The van der Waals surface area contributed by atoms with Crippen molar-refractivity contribution in [3.63, 3.8) is 0 Å². The molecule has 0 saturated carbocycles. The molecule has 2 aromatic heterocycles. The second-order valence-corrected chi connectivity index (χ2v) is 6.13. The van der Waals surface area contributed by atoms with Crippen molar-refractivity contribution in [2.75, 3.05) is 35.8 Å². The monoisotopic (exact) mass is 308 g/mol. The third-order valence-electron chi connectivity index (χ3n) is 3.53. The standard InChI is InChI=1S/C14H24N6S/c1-5-7-15-14-18-12-11(16-9-17-12)13(19-14)20(3)10(2)6-8-21-4/h9-10H,5-8H2,1-4H3,(H2,15,16,17,18,19). The van der Waals surface area contributed by atoms with Gasteiger partial charge in [-0.15, -0.1) is 0 Å². The van der Waals surface area contributed by atoms with Gasteiger partial charge >= 0.3 is 0 Å². The van der Waals surface area contributed by atoms with Gasteiger partial charge in [0.1, 0.15) is 5.52 Å². The smallest absolute Gasteiger partial charge is 0.226 e. The van der Waals surface area contributed by atoms with Crippen LogP contribution < -0.4 is 10.2 Å². The molecule has 1 unspecified atom stereocenters. The van der Waals surface area contributed by atoms with Gasteiger partial charge in [-0.3, -0.25) is 0 Å². The van der Waals surface area contributed by atoms with E-state index in [2.05, 4.69) is 57.3 Å². The fourth-order valence-corrected chi connectivity index (χ4v) is 2.66. The first kappa shape index (κ1) is 15.9. The van der Waals surface area contributed by atoms with Crippen LogP contribution in [0, 0.1) is 0 Å². The molecule has 6 nitrogen and oxygen atoms in total. The van der Waals surface area contributed by atoms with Crippen LogP contribution >= 0.6 is 11.8 Å². The van der Waals surface area contributed by atoms with Crippen LogP contribution in [0.3, 0.4) is 0 Å². The summed E-state index contributed by atoms with van der Waals surface area (Å²) in [4.78, 5) is 18.7. The minimum Gasteiger partial charge on any atom is -0.355 e. The molecule has 116 valence electrons. The third-order valence-corrected chi connectivity index (χ3v) is 4.18. The Morgan fingerprint density at radius 1 is 1.43 bits per heavy atom. The Balaban J connectivity index is 2.29. The van der Waals surface area contributed by atoms with Crippen LogP contribution in [0.25, 0.3) is 11.2 Å². The first-order valence-corrected chi connectivity index (χ1v) is 8.73. The summed E-state index contributed by atoms with van der Waals surface area (Å²) in [7, 11) is 2.08. The van der Waals surface area contributed by atoms with E-state index in [4.69, 9.17) is 0 Å². The van der Waals surface area contributed by atoms with Gasteiger partial charge in [-0.2, -0.15) is 21.7 Å². The summed E-state index contributed by atoms with van der Waals surface area (Å²) in [5, 5.41) is 3.25. The molecule has 0 aliphatic rings. The van der Waals surface area contributed by atoms with E-state index in [-0.39, 0.29) is 0 Å². The predicted molar refractivity (Wildman–Crippen MR) is 91.3 cm³/mol. The Morgan fingerprint density at radius 2 is 2.24 bits per heavy atom. The number of aromatic nitrogens is 4. The van der Waals surface area contributed by atoms with Gasteiger partial charge in [0.05, 0.1) is 6.33 Å². The summed E-state index contributed by atoms with van der Waals surface area (Å²) in [6.45, 7) is 5.21. The van der Waals surface area contributed by atoms with E-state index in [9.17, 15) is 0 Å². The second kappa shape index (κ2) is 7.49. The fraction of sp³-hybridized carbons (Fsp3) is 0.643. The lowest BCUT2D eigenvalue weighted by Gasteiger charge is -2.26. The van der Waals surface area contributed by atoms with Crippen LogP contribution in [0.4, 0.5) is 11.8 Å². The molecule has 2 N–H and O–H groups in total. The molecule has 0 aliphatic carbocycles. The van der Waals surface area contributed by atoms with Crippen molar-refractivity contribution in [2.24, 2.45) is 0 Å². The number of H-pyrrole nitrogens is 1. The molecule has 0 aromatic carbocycles. The lowest BCUT2D eigenvalue weighted by Crippen LogP contribution is -2.30. The van der Waals surface area contributed by atoms with Gasteiger partial charge in [0.2, 0.25) is 5.95 Å².